The summed E-state index contributed by atoms with van der Waals surface area (Å²) in [5, 5.41) is 8.87. The summed E-state index contributed by atoms with van der Waals surface area (Å²) in [7, 11) is 0. The number of carbonyl (C=O) groups is 1. The quantitative estimate of drug-likeness (QED) is 0.0442. The van der Waals surface area contributed by atoms with Crippen molar-refractivity contribution in [1.29, 1.82) is 5.41 Å². The molecule has 14 heteroatoms. The van der Waals surface area contributed by atoms with Crippen molar-refractivity contribution in [1.82, 2.24) is 5.32 Å². The molecule has 0 radical (unpaired) electrons. The van der Waals surface area contributed by atoms with Crippen LogP contribution in [0.2, 0.25) is 0 Å². The van der Waals surface area contributed by atoms with E-state index in [-0.39, 0.29) is 11.7 Å². The molecule has 0 fully saturated rings. The molecule has 62 heavy (non-hydrogen) atoms. The third-order valence-corrected chi connectivity index (χ3v) is 8.40. The highest BCUT2D eigenvalue weighted by atomic mass is 16.6. The monoisotopic (exact) mass is 897 g/mol. The highest BCUT2D eigenvalue weighted by Gasteiger charge is 2.06. The van der Waals surface area contributed by atoms with Crippen molar-refractivity contribution in [3.05, 3.63) is 11.8 Å². The van der Waals surface area contributed by atoms with Gasteiger partial charge in [-0.1, -0.05) is 81.1 Å². The largest absolute Gasteiger partial charge is 0.391 e. The van der Waals surface area contributed by atoms with Gasteiger partial charge in [0.15, 0.2) is 0 Å². The molecule has 0 aliphatic heterocycles. The Morgan fingerprint density at radius 2 is 0.790 bits per heavy atom. The molecule has 0 bridgehead atoms. The Morgan fingerprint density at radius 1 is 0.452 bits per heavy atom. The minimum absolute atomic E-state index is 0.0734. The van der Waals surface area contributed by atoms with Crippen LogP contribution in [0.1, 0.15) is 132 Å². The molecule has 0 aliphatic rings. The molecule has 0 aromatic heterocycles. The Morgan fingerprint density at radius 3 is 1.16 bits per heavy atom. The first-order valence-electron chi connectivity index (χ1n) is 24.2. The standard InChI is InChI=1S/C24H48O8.C21H43NO4.C2H6.CH3N/c1-4-9-26-10-6-5-7-11-27-13-15-29-17-19-31-21-22-32-20-18-30-16-14-28-12-8-24(25)23(2)3;1-4-7-9-11-22-19-21(6-3)20-26-18-17-25-16-15-24-14-13-23-12-10-8-5-2;2*1-2/h23H,4-22H2,1-3H3;19,22H,4-18,20H2,1-3H3;1-2H3;2H,1H2/b;21-19+;;. The Labute approximate surface area is 381 Å². The van der Waals surface area contributed by atoms with E-state index in [4.69, 9.17) is 57.5 Å². The summed E-state index contributed by atoms with van der Waals surface area (Å²) in [4.78, 5) is 11.4. The molecule has 0 amide bonds. The fourth-order valence-corrected chi connectivity index (χ4v) is 4.75. The molecule has 0 unspecified atom stereocenters. The molecule has 0 aliphatic carbocycles. The summed E-state index contributed by atoms with van der Waals surface area (Å²) in [5.41, 5.74) is 1.30. The lowest BCUT2D eigenvalue weighted by Gasteiger charge is -2.09. The van der Waals surface area contributed by atoms with Gasteiger partial charge < -0.3 is 62.8 Å². The van der Waals surface area contributed by atoms with Crippen molar-refractivity contribution in [2.45, 2.75) is 132 Å². The zero-order chi connectivity index (χ0) is 46.7. The lowest BCUT2D eigenvalue weighted by molar-refractivity contribution is -0.123. The number of hydrogen-bond donors (Lipinski definition) is 2. The fourth-order valence-electron chi connectivity index (χ4n) is 4.75. The summed E-state index contributed by atoms with van der Waals surface area (Å²) >= 11 is 0. The van der Waals surface area contributed by atoms with Crippen LogP contribution in [0.4, 0.5) is 0 Å². The van der Waals surface area contributed by atoms with Gasteiger partial charge in [0.05, 0.1) is 119 Å². The van der Waals surface area contributed by atoms with E-state index in [1.54, 1.807) is 0 Å². The minimum Gasteiger partial charge on any atom is -0.391 e. The smallest absolute Gasteiger partial charge is 0.137 e. The molecule has 14 nitrogen and oxygen atoms in total. The van der Waals surface area contributed by atoms with E-state index < -0.39 is 0 Å². The molecule has 0 aromatic carbocycles. The molecule has 0 heterocycles. The zero-order valence-electron chi connectivity index (χ0n) is 41.5. The third-order valence-electron chi connectivity index (χ3n) is 8.40. The van der Waals surface area contributed by atoms with Gasteiger partial charge in [0, 0.05) is 45.3 Å². The molecular weight excluding hydrogens is 797 g/mol. The first-order chi connectivity index (χ1) is 30.5. The molecule has 0 saturated carbocycles. The van der Waals surface area contributed by atoms with Crippen LogP contribution in [-0.2, 0) is 56.9 Å². The number of rotatable bonds is 48. The van der Waals surface area contributed by atoms with Crippen LogP contribution in [0.5, 0.6) is 0 Å². The molecule has 2 N–H and O–H groups in total. The van der Waals surface area contributed by atoms with Crippen LogP contribution in [0.3, 0.4) is 0 Å². The highest BCUT2D eigenvalue weighted by Crippen LogP contribution is 2.02. The Hall–Kier alpha value is -1.56. The second-order valence-corrected chi connectivity index (χ2v) is 14.1. The van der Waals surface area contributed by atoms with Gasteiger partial charge in [-0.2, -0.15) is 0 Å². The van der Waals surface area contributed by atoms with Crippen LogP contribution in [0.15, 0.2) is 11.8 Å². The Balaban J connectivity index is -0.000000511. The highest BCUT2D eigenvalue weighted by molar-refractivity contribution is 5.80. The normalized spacial score (nSPS) is 11.1. The van der Waals surface area contributed by atoms with E-state index in [0.29, 0.717) is 125 Å². The second-order valence-electron chi connectivity index (χ2n) is 14.1. The van der Waals surface area contributed by atoms with Gasteiger partial charge in [-0.3, -0.25) is 4.79 Å². The first kappa shape index (κ1) is 67.0. The van der Waals surface area contributed by atoms with Crippen molar-refractivity contribution in [2.75, 3.05) is 152 Å². The van der Waals surface area contributed by atoms with Crippen LogP contribution >= 0.6 is 0 Å². The van der Waals surface area contributed by atoms with Gasteiger partial charge in [-0.25, -0.2) is 0 Å². The summed E-state index contributed by atoms with van der Waals surface area (Å²) < 4.78 is 60.2. The minimum atomic E-state index is 0.0734. The zero-order valence-corrected chi connectivity index (χ0v) is 41.5. The number of hydrogen-bond acceptors (Lipinski definition) is 14. The number of ketones is 1. The van der Waals surface area contributed by atoms with Gasteiger partial charge in [0.2, 0.25) is 0 Å². The van der Waals surface area contributed by atoms with Crippen molar-refractivity contribution < 1.29 is 56.9 Å². The number of nitrogens with one attached hydrogen (secondary N) is 2. The predicted octanol–water partition coefficient (Wildman–Crippen LogP) is 8.91. The summed E-state index contributed by atoms with van der Waals surface area (Å²) in [5.74, 6) is 0.303. The van der Waals surface area contributed by atoms with Crippen molar-refractivity contribution in [3.63, 3.8) is 0 Å². The van der Waals surface area contributed by atoms with E-state index in [2.05, 4.69) is 45.9 Å². The maximum atomic E-state index is 11.4. The van der Waals surface area contributed by atoms with Gasteiger partial charge in [-0.15, -0.1) is 0 Å². The van der Waals surface area contributed by atoms with E-state index in [9.17, 15) is 4.79 Å². The number of carbonyl (C=O) groups excluding carboxylic acids is 1. The maximum Gasteiger partial charge on any atom is 0.137 e. The van der Waals surface area contributed by atoms with E-state index in [1.165, 1.54) is 37.7 Å². The van der Waals surface area contributed by atoms with Crippen LogP contribution in [0, 0.1) is 11.3 Å². The van der Waals surface area contributed by atoms with E-state index >= 15 is 0 Å². The van der Waals surface area contributed by atoms with E-state index in [1.807, 2.05) is 27.7 Å². The van der Waals surface area contributed by atoms with Gasteiger partial charge in [0.25, 0.3) is 0 Å². The summed E-state index contributed by atoms with van der Waals surface area (Å²) in [6.45, 7) is 33.7. The van der Waals surface area contributed by atoms with Crippen molar-refractivity contribution in [3.8, 4) is 0 Å². The molecule has 0 spiro atoms. The lowest BCUT2D eigenvalue weighted by atomic mass is 10.1. The maximum absolute atomic E-state index is 11.4. The van der Waals surface area contributed by atoms with Crippen LogP contribution in [-0.4, -0.2) is 164 Å². The van der Waals surface area contributed by atoms with Crippen molar-refractivity contribution in [2.24, 2.45) is 5.92 Å². The van der Waals surface area contributed by atoms with Gasteiger partial charge >= 0.3 is 0 Å². The van der Waals surface area contributed by atoms with E-state index in [0.717, 1.165) is 71.5 Å². The van der Waals surface area contributed by atoms with Crippen LogP contribution < -0.4 is 5.32 Å². The first-order valence-corrected chi connectivity index (χ1v) is 24.2. The molecular formula is C48H100N2O12. The Bertz CT molecular complexity index is 827. The SMILES string of the molecule is C=N.CC.CCCCCN/C=C(\CC)COCCOCCOCCOCCCCC.CCCOCCCCCOCCOCCOCCOCCOCCOCCC(=O)C(C)C. The molecule has 374 valence electrons. The van der Waals surface area contributed by atoms with Gasteiger partial charge in [-0.05, 0) is 63.4 Å². The summed E-state index contributed by atoms with van der Waals surface area (Å²) in [6.07, 6.45) is 15.4. The fraction of sp³-hybridized carbons (Fsp3) is 0.917. The lowest BCUT2D eigenvalue weighted by Crippen LogP contribution is -2.15. The summed E-state index contributed by atoms with van der Waals surface area (Å²) in [6, 6.07) is 0. The van der Waals surface area contributed by atoms with Crippen molar-refractivity contribution >= 4 is 12.5 Å². The average molecular weight is 897 g/mol. The molecule has 0 atom stereocenters. The number of Topliss-reactive ketones (excluding diaryl/α,β-unsaturated/α-hetero) is 1. The number of ether oxygens (including phenoxy) is 11. The van der Waals surface area contributed by atoms with Crippen LogP contribution in [0.25, 0.3) is 0 Å². The Kier molecular flexibility index (Phi) is 71.4. The molecule has 0 aromatic rings. The average Bonchev–Trinajstić information content (AvgIpc) is 3.29. The third kappa shape index (κ3) is 65.1. The molecule has 0 saturated heterocycles. The number of unbranched alkanes of at least 4 members (excludes halogenated alkanes) is 6. The molecule has 0 rings (SSSR count). The predicted molar refractivity (Wildman–Crippen MR) is 254 cm³/mol. The second kappa shape index (κ2) is 66.0. The topological polar surface area (TPSA) is 154 Å². The van der Waals surface area contributed by atoms with Gasteiger partial charge in [0.1, 0.15) is 5.78 Å².